The topological polar surface area (TPSA) is 76.2 Å². The van der Waals surface area contributed by atoms with Crippen LogP contribution in [0.3, 0.4) is 0 Å². The summed E-state index contributed by atoms with van der Waals surface area (Å²) in [7, 11) is 0. The Morgan fingerprint density at radius 1 is 1.24 bits per heavy atom. The summed E-state index contributed by atoms with van der Waals surface area (Å²) in [4.78, 5) is 15.7. The number of carboxylic acid groups (broad SMARTS) is 1. The van der Waals surface area contributed by atoms with Crippen molar-refractivity contribution in [3.05, 3.63) is 47.3 Å². The molecule has 1 heterocycles. The van der Waals surface area contributed by atoms with E-state index in [1.54, 1.807) is 24.3 Å². The van der Waals surface area contributed by atoms with E-state index in [4.69, 9.17) is 16.1 Å². The van der Waals surface area contributed by atoms with E-state index in [0.717, 1.165) is 5.56 Å². The number of carbonyl (C=O) groups is 1. The summed E-state index contributed by atoms with van der Waals surface area (Å²) in [5, 5.41) is 13.9. The maximum Gasteiger partial charge on any atom is 0.307 e. The van der Waals surface area contributed by atoms with Crippen molar-refractivity contribution in [2.75, 3.05) is 0 Å². The molecule has 1 aromatic heterocycles. The molecule has 1 N–H and O–H groups in total. The van der Waals surface area contributed by atoms with Crippen molar-refractivity contribution >= 4 is 17.6 Å². The van der Waals surface area contributed by atoms with Crippen molar-refractivity contribution in [3.8, 4) is 11.4 Å². The molecule has 0 aliphatic heterocycles. The van der Waals surface area contributed by atoms with Crippen LogP contribution in [0.5, 0.6) is 0 Å². The first-order chi connectivity index (χ1) is 10.1. The molecular formula is C15H13ClN2O3. The Hall–Kier alpha value is -2.14. The van der Waals surface area contributed by atoms with E-state index >= 15 is 0 Å². The predicted molar refractivity (Wildman–Crippen MR) is 77.0 cm³/mol. The molecule has 1 aliphatic carbocycles. The summed E-state index contributed by atoms with van der Waals surface area (Å²) in [6.07, 6.45) is 4.92. The molecule has 0 fully saturated rings. The van der Waals surface area contributed by atoms with E-state index in [1.807, 2.05) is 12.2 Å². The zero-order valence-corrected chi connectivity index (χ0v) is 11.8. The molecule has 2 aromatic rings. The minimum Gasteiger partial charge on any atom is -0.481 e. The van der Waals surface area contributed by atoms with Crippen molar-refractivity contribution in [3.63, 3.8) is 0 Å². The number of rotatable bonds is 3. The van der Waals surface area contributed by atoms with Crippen LogP contribution in [-0.2, 0) is 4.79 Å². The second-order valence-corrected chi connectivity index (χ2v) is 5.39. The number of nitrogens with zero attached hydrogens (tertiary/aromatic N) is 2. The van der Waals surface area contributed by atoms with Gasteiger partial charge in [-0.15, -0.1) is 0 Å². The highest BCUT2D eigenvalue weighted by molar-refractivity contribution is 6.30. The van der Waals surface area contributed by atoms with E-state index in [-0.39, 0.29) is 5.92 Å². The fourth-order valence-electron chi connectivity index (χ4n) is 2.46. The number of carboxylic acids is 1. The third kappa shape index (κ3) is 2.83. The lowest BCUT2D eigenvalue weighted by Gasteiger charge is -2.21. The molecule has 0 amide bonds. The molecule has 1 aliphatic rings. The molecule has 21 heavy (non-hydrogen) atoms. The van der Waals surface area contributed by atoms with Gasteiger partial charge in [-0.2, -0.15) is 4.98 Å². The minimum absolute atomic E-state index is 0.277. The standard InChI is InChI=1S/C15H13ClN2O3/c16-10-7-5-9(6-8-10)13-17-14(21-18-13)11-3-1-2-4-12(11)15(19)20/h1-2,5-8,11-12H,3-4H2,(H,19,20). The van der Waals surface area contributed by atoms with E-state index < -0.39 is 11.9 Å². The van der Waals surface area contributed by atoms with Crippen LogP contribution in [0.1, 0.15) is 24.7 Å². The van der Waals surface area contributed by atoms with Crippen molar-refractivity contribution in [2.45, 2.75) is 18.8 Å². The van der Waals surface area contributed by atoms with Gasteiger partial charge in [0.15, 0.2) is 0 Å². The van der Waals surface area contributed by atoms with Gasteiger partial charge in [-0.1, -0.05) is 28.9 Å². The number of halogens is 1. The molecule has 108 valence electrons. The van der Waals surface area contributed by atoms with Crippen LogP contribution >= 0.6 is 11.6 Å². The van der Waals surface area contributed by atoms with Crippen LogP contribution in [-0.4, -0.2) is 21.2 Å². The predicted octanol–water partition coefficient (Wildman–Crippen LogP) is 3.52. The molecule has 2 unspecified atom stereocenters. The van der Waals surface area contributed by atoms with Crippen LogP contribution in [0.25, 0.3) is 11.4 Å². The highest BCUT2D eigenvalue weighted by Crippen LogP contribution is 2.34. The van der Waals surface area contributed by atoms with Crippen LogP contribution in [0.15, 0.2) is 40.9 Å². The first kappa shape index (κ1) is 13.8. The number of benzene rings is 1. The number of allylic oxidation sites excluding steroid dienone is 2. The second kappa shape index (κ2) is 5.69. The Kier molecular flexibility index (Phi) is 3.75. The summed E-state index contributed by atoms with van der Waals surface area (Å²) < 4.78 is 5.28. The fourth-order valence-corrected chi connectivity index (χ4v) is 2.59. The number of aliphatic carboxylic acids is 1. The van der Waals surface area contributed by atoms with Crippen molar-refractivity contribution in [1.29, 1.82) is 0 Å². The number of hydrogen-bond donors (Lipinski definition) is 1. The van der Waals surface area contributed by atoms with Gasteiger partial charge >= 0.3 is 5.97 Å². The Balaban J connectivity index is 1.88. The van der Waals surface area contributed by atoms with Gasteiger partial charge < -0.3 is 9.63 Å². The van der Waals surface area contributed by atoms with Gasteiger partial charge in [0.25, 0.3) is 0 Å². The van der Waals surface area contributed by atoms with Gasteiger partial charge in [-0.25, -0.2) is 0 Å². The number of hydrogen-bond acceptors (Lipinski definition) is 4. The Morgan fingerprint density at radius 3 is 2.67 bits per heavy atom. The molecule has 0 spiro atoms. The second-order valence-electron chi connectivity index (χ2n) is 4.96. The van der Waals surface area contributed by atoms with Crippen LogP contribution in [0, 0.1) is 5.92 Å². The summed E-state index contributed by atoms with van der Waals surface area (Å²) in [5.41, 5.74) is 0.785. The summed E-state index contributed by atoms with van der Waals surface area (Å²) in [6, 6.07) is 7.09. The molecule has 0 saturated heterocycles. The molecule has 6 heteroatoms. The van der Waals surface area contributed by atoms with Gasteiger partial charge in [0.1, 0.15) is 0 Å². The third-order valence-electron chi connectivity index (χ3n) is 3.61. The van der Waals surface area contributed by atoms with Gasteiger partial charge in [0.2, 0.25) is 11.7 Å². The molecule has 3 rings (SSSR count). The molecule has 0 radical (unpaired) electrons. The quantitative estimate of drug-likeness (QED) is 0.878. The largest absolute Gasteiger partial charge is 0.481 e. The van der Waals surface area contributed by atoms with E-state index in [9.17, 15) is 9.90 Å². The zero-order chi connectivity index (χ0) is 14.8. The maximum atomic E-state index is 11.3. The average Bonchev–Trinajstić information content (AvgIpc) is 2.97. The number of aromatic nitrogens is 2. The first-order valence-electron chi connectivity index (χ1n) is 6.62. The van der Waals surface area contributed by atoms with Gasteiger partial charge in [-0.3, -0.25) is 4.79 Å². The van der Waals surface area contributed by atoms with Crippen molar-refractivity contribution in [2.24, 2.45) is 5.92 Å². The zero-order valence-electron chi connectivity index (χ0n) is 11.1. The fraction of sp³-hybridized carbons (Fsp3) is 0.267. The lowest BCUT2D eigenvalue weighted by atomic mass is 9.83. The molecule has 0 saturated carbocycles. The van der Waals surface area contributed by atoms with Crippen LogP contribution in [0.4, 0.5) is 0 Å². The highest BCUT2D eigenvalue weighted by Gasteiger charge is 2.33. The molecule has 2 atom stereocenters. The Bertz CT molecular complexity index is 678. The highest BCUT2D eigenvalue weighted by atomic mass is 35.5. The Morgan fingerprint density at radius 2 is 1.95 bits per heavy atom. The maximum absolute atomic E-state index is 11.3. The molecular weight excluding hydrogens is 292 g/mol. The minimum atomic E-state index is -0.837. The van der Waals surface area contributed by atoms with Crippen LogP contribution < -0.4 is 0 Å². The van der Waals surface area contributed by atoms with Crippen molar-refractivity contribution in [1.82, 2.24) is 10.1 Å². The van der Waals surface area contributed by atoms with E-state index in [0.29, 0.717) is 29.6 Å². The SMILES string of the molecule is O=C(O)C1CC=CCC1c1nc(-c2ccc(Cl)cc2)no1. The summed E-state index contributed by atoms with van der Waals surface area (Å²) in [6.45, 7) is 0. The third-order valence-corrected chi connectivity index (χ3v) is 3.86. The van der Waals surface area contributed by atoms with Gasteiger partial charge in [0, 0.05) is 10.6 Å². The lowest BCUT2D eigenvalue weighted by molar-refractivity contribution is -0.142. The van der Waals surface area contributed by atoms with E-state index in [2.05, 4.69) is 10.1 Å². The summed E-state index contributed by atoms with van der Waals surface area (Å²) >= 11 is 5.84. The smallest absolute Gasteiger partial charge is 0.307 e. The van der Waals surface area contributed by atoms with Gasteiger partial charge in [0.05, 0.1) is 11.8 Å². The first-order valence-corrected chi connectivity index (χ1v) is 7.00. The molecule has 1 aromatic carbocycles. The average molecular weight is 305 g/mol. The molecule has 5 nitrogen and oxygen atoms in total. The van der Waals surface area contributed by atoms with Crippen LogP contribution in [0.2, 0.25) is 5.02 Å². The molecule has 0 bridgehead atoms. The monoisotopic (exact) mass is 304 g/mol. The lowest BCUT2D eigenvalue weighted by Crippen LogP contribution is -2.23. The Labute approximate surface area is 126 Å². The van der Waals surface area contributed by atoms with E-state index in [1.165, 1.54) is 0 Å². The van der Waals surface area contributed by atoms with Crippen molar-refractivity contribution < 1.29 is 14.4 Å². The normalized spacial score (nSPS) is 21.4. The van der Waals surface area contributed by atoms with Gasteiger partial charge in [-0.05, 0) is 37.1 Å². The summed E-state index contributed by atoms with van der Waals surface area (Å²) in [5.74, 6) is -0.817.